The summed E-state index contributed by atoms with van der Waals surface area (Å²) in [7, 11) is 0. The minimum atomic E-state index is -0.745. The predicted molar refractivity (Wildman–Crippen MR) is 73.8 cm³/mol. The van der Waals surface area contributed by atoms with E-state index in [2.05, 4.69) is 17.6 Å². The fourth-order valence-corrected chi connectivity index (χ4v) is 2.32. The van der Waals surface area contributed by atoms with Crippen molar-refractivity contribution in [3.8, 4) is 0 Å². The molecule has 1 heterocycles. The second kappa shape index (κ2) is 5.86. The van der Waals surface area contributed by atoms with Crippen molar-refractivity contribution in [3.63, 3.8) is 0 Å². The molecule has 19 heavy (non-hydrogen) atoms. The van der Waals surface area contributed by atoms with Gasteiger partial charge in [-0.2, -0.15) is 0 Å². The lowest BCUT2D eigenvalue weighted by Crippen LogP contribution is -2.40. The van der Waals surface area contributed by atoms with Crippen LogP contribution in [0.15, 0.2) is 30.5 Å². The van der Waals surface area contributed by atoms with E-state index >= 15 is 0 Å². The molecule has 0 fully saturated rings. The fourth-order valence-electron chi connectivity index (χ4n) is 2.32. The van der Waals surface area contributed by atoms with Gasteiger partial charge in [0.2, 0.25) is 0 Å². The van der Waals surface area contributed by atoms with Crippen molar-refractivity contribution in [1.29, 1.82) is 0 Å². The number of nitrogens with zero attached hydrogens (tertiary/aromatic N) is 1. The first-order valence-corrected chi connectivity index (χ1v) is 6.43. The van der Waals surface area contributed by atoms with Crippen molar-refractivity contribution >= 4 is 16.8 Å². The molecule has 5 nitrogen and oxygen atoms in total. The van der Waals surface area contributed by atoms with E-state index in [0.717, 1.165) is 29.4 Å². The number of carbonyl (C=O) groups is 1. The maximum Gasteiger partial charge on any atom is 0.260 e. The van der Waals surface area contributed by atoms with E-state index in [1.54, 1.807) is 5.48 Å². The highest BCUT2D eigenvalue weighted by Crippen LogP contribution is 2.22. The van der Waals surface area contributed by atoms with E-state index < -0.39 is 11.9 Å². The number of carbonyl (C=O) groups excluding carboxylic acids is 1. The number of hydrogen-bond donors (Lipinski definition) is 3. The molecule has 0 aliphatic heterocycles. The quantitative estimate of drug-likeness (QED) is 0.562. The first-order chi connectivity index (χ1) is 9.17. The van der Waals surface area contributed by atoms with Crippen LogP contribution >= 0.6 is 0 Å². The third-order valence-electron chi connectivity index (χ3n) is 3.22. The van der Waals surface area contributed by atoms with Gasteiger partial charge in [0.25, 0.3) is 5.91 Å². The minimum Gasteiger partial charge on any atom is -0.347 e. The van der Waals surface area contributed by atoms with Gasteiger partial charge in [0.15, 0.2) is 0 Å². The summed E-state index contributed by atoms with van der Waals surface area (Å²) in [6.07, 6.45) is 3.49. The molecule has 0 aliphatic rings. The predicted octanol–water partition coefficient (Wildman–Crippen LogP) is 1.43. The molecule has 2 aromatic rings. The van der Waals surface area contributed by atoms with Crippen molar-refractivity contribution < 1.29 is 10.0 Å². The van der Waals surface area contributed by atoms with E-state index in [9.17, 15) is 4.79 Å². The summed E-state index contributed by atoms with van der Waals surface area (Å²) in [4.78, 5) is 11.3. The van der Waals surface area contributed by atoms with Crippen LogP contribution < -0.4 is 11.2 Å². The fraction of sp³-hybridized carbons (Fsp3) is 0.357. The summed E-state index contributed by atoms with van der Waals surface area (Å²) in [5.74, 6) is -0.563. The Morgan fingerprint density at radius 2 is 2.21 bits per heavy atom. The lowest BCUT2D eigenvalue weighted by atomic mass is 10.1. The highest BCUT2D eigenvalue weighted by molar-refractivity contribution is 5.86. The first-order valence-electron chi connectivity index (χ1n) is 6.43. The average Bonchev–Trinajstić information content (AvgIpc) is 2.77. The third-order valence-corrected chi connectivity index (χ3v) is 3.22. The van der Waals surface area contributed by atoms with Crippen LogP contribution in [-0.2, 0) is 17.8 Å². The van der Waals surface area contributed by atoms with Gasteiger partial charge in [-0.15, -0.1) is 0 Å². The maximum atomic E-state index is 11.3. The average molecular weight is 261 g/mol. The van der Waals surface area contributed by atoms with Gasteiger partial charge in [-0.25, -0.2) is 5.48 Å². The number of aryl methyl sites for hydroxylation is 1. The van der Waals surface area contributed by atoms with Crippen LogP contribution in [0.2, 0.25) is 0 Å². The molecular formula is C14H19N3O2. The van der Waals surface area contributed by atoms with Gasteiger partial charge in [0.1, 0.15) is 0 Å². The lowest BCUT2D eigenvalue weighted by Gasteiger charge is -2.07. The molecule has 1 atom stereocenters. The second-order valence-electron chi connectivity index (χ2n) is 4.65. The monoisotopic (exact) mass is 261 g/mol. The molecule has 1 unspecified atom stereocenters. The molecule has 0 saturated heterocycles. The van der Waals surface area contributed by atoms with Crippen LogP contribution in [0.3, 0.4) is 0 Å². The van der Waals surface area contributed by atoms with E-state index in [-0.39, 0.29) is 0 Å². The number of fused-ring (bicyclic) bond motifs is 1. The van der Waals surface area contributed by atoms with Crippen molar-refractivity contribution in [3.05, 3.63) is 36.0 Å². The topological polar surface area (TPSA) is 80.3 Å². The zero-order chi connectivity index (χ0) is 13.8. The van der Waals surface area contributed by atoms with E-state index in [4.69, 9.17) is 10.9 Å². The Morgan fingerprint density at radius 3 is 2.89 bits per heavy atom. The van der Waals surface area contributed by atoms with Gasteiger partial charge < -0.3 is 10.3 Å². The number of aromatic nitrogens is 1. The summed E-state index contributed by atoms with van der Waals surface area (Å²) in [5.41, 5.74) is 9.52. The number of para-hydroxylation sites is 1. The Kier molecular flexibility index (Phi) is 4.19. The molecular weight excluding hydrogens is 242 g/mol. The Balaban J connectivity index is 2.35. The first kappa shape index (κ1) is 13.6. The second-order valence-corrected chi connectivity index (χ2v) is 4.65. The molecule has 0 spiro atoms. The van der Waals surface area contributed by atoms with E-state index in [1.807, 2.05) is 24.4 Å². The number of hydrogen-bond acceptors (Lipinski definition) is 3. The highest BCUT2D eigenvalue weighted by atomic mass is 16.5. The van der Waals surface area contributed by atoms with Crippen molar-refractivity contribution in [2.75, 3.05) is 0 Å². The van der Waals surface area contributed by atoms with Crippen LogP contribution in [0.25, 0.3) is 10.9 Å². The number of nitrogens with one attached hydrogen (secondary N) is 1. The molecule has 1 aromatic heterocycles. The number of hydroxylamine groups is 1. The Bertz CT molecular complexity index is 577. The molecule has 0 aliphatic carbocycles. The van der Waals surface area contributed by atoms with Crippen LogP contribution in [0, 0.1) is 0 Å². The zero-order valence-corrected chi connectivity index (χ0v) is 11.0. The number of amides is 1. The van der Waals surface area contributed by atoms with Gasteiger partial charge in [0, 0.05) is 23.6 Å². The standard InChI is InChI=1S/C14H19N3O2/c1-2-7-17-9-10(8-12(15)14(18)16-19)11-5-3-4-6-13(11)17/h3-6,9,12,19H,2,7-8,15H2,1H3,(H,16,18). The van der Waals surface area contributed by atoms with E-state index in [0.29, 0.717) is 6.42 Å². The molecule has 0 bridgehead atoms. The van der Waals surface area contributed by atoms with Gasteiger partial charge in [-0.1, -0.05) is 25.1 Å². The third kappa shape index (κ3) is 2.77. The summed E-state index contributed by atoms with van der Waals surface area (Å²) >= 11 is 0. The summed E-state index contributed by atoms with van der Waals surface area (Å²) in [6, 6.07) is 7.32. The van der Waals surface area contributed by atoms with Gasteiger partial charge in [-0.3, -0.25) is 10.0 Å². The Hall–Kier alpha value is -1.85. The SMILES string of the molecule is CCCn1cc(CC(N)C(=O)NO)c2ccccc21. The van der Waals surface area contributed by atoms with Crippen LogP contribution in [0.4, 0.5) is 0 Å². The van der Waals surface area contributed by atoms with Crippen LogP contribution in [0.5, 0.6) is 0 Å². The summed E-state index contributed by atoms with van der Waals surface area (Å²) < 4.78 is 2.17. The zero-order valence-electron chi connectivity index (χ0n) is 11.0. The van der Waals surface area contributed by atoms with Crippen molar-refractivity contribution in [1.82, 2.24) is 10.0 Å². The number of nitrogens with two attached hydrogens (primary N) is 1. The molecule has 0 saturated carbocycles. The molecule has 5 heteroatoms. The van der Waals surface area contributed by atoms with Gasteiger partial charge >= 0.3 is 0 Å². The van der Waals surface area contributed by atoms with Crippen LogP contribution in [0.1, 0.15) is 18.9 Å². The van der Waals surface area contributed by atoms with Gasteiger partial charge in [-0.05, 0) is 24.5 Å². The minimum absolute atomic E-state index is 0.406. The Morgan fingerprint density at radius 1 is 1.47 bits per heavy atom. The van der Waals surface area contributed by atoms with Gasteiger partial charge in [0.05, 0.1) is 6.04 Å². The number of benzene rings is 1. The summed E-state index contributed by atoms with van der Waals surface area (Å²) in [6.45, 7) is 3.06. The van der Waals surface area contributed by atoms with Crippen molar-refractivity contribution in [2.45, 2.75) is 32.4 Å². The van der Waals surface area contributed by atoms with Crippen LogP contribution in [-0.4, -0.2) is 21.7 Å². The normalized spacial score (nSPS) is 12.6. The van der Waals surface area contributed by atoms with Crippen molar-refractivity contribution in [2.24, 2.45) is 5.73 Å². The smallest absolute Gasteiger partial charge is 0.260 e. The molecule has 0 radical (unpaired) electrons. The molecule has 1 aromatic carbocycles. The molecule has 4 N–H and O–H groups in total. The van der Waals surface area contributed by atoms with E-state index in [1.165, 1.54) is 0 Å². The number of rotatable bonds is 5. The largest absolute Gasteiger partial charge is 0.347 e. The molecule has 2 rings (SSSR count). The molecule has 102 valence electrons. The highest BCUT2D eigenvalue weighted by Gasteiger charge is 2.16. The molecule has 1 amide bonds. The lowest BCUT2D eigenvalue weighted by molar-refractivity contribution is -0.130. The summed E-state index contributed by atoms with van der Waals surface area (Å²) in [5, 5.41) is 9.71. The maximum absolute atomic E-state index is 11.3. The Labute approximate surface area is 112 Å².